The average Bonchev–Trinajstić information content (AvgIpc) is 2.55. The first-order valence-electron chi connectivity index (χ1n) is 8.24. The first-order valence-corrected chi connectivity index (χ1v) is 8.24. The molecule has 2 aromatic carbocycles. The van der Waals surface area contributed by atoms with Gasteiger partial charge in [0.05, 0.1) is 11.4 Å². The second-order valence-electron chi connectivity index (χ2n) is 6.84. The van der Waals surface area contributed by atoms with Crippen molar-refractivity contribution in [1.29, 1.82) is 0 Å². The van der Waals surface area contributed by atoms with Gasteiger partial charge >= 0.3 is 0 Å². The van der Waals surface area contributed by atoms with Gasteiger partial charge in [0.25, 0.3) is 0 Å². The molecule has 0 saturated heterocycles. The number of hydrogen-bond acceptors (Lipinski definition) is 3. The molecule has 126 valence electrons. The molecule has 24 heavy (non-hydrogen) atoms. The second kappa shape index (κ2) is 8.46. The molecule has 0 unspecified atom stereocenters. The number of hydrazone groups is 1. The molecular weight excluding hydrogens is 294 g/mol. The van der Waals surface area contributed by atoms with E-state index in [1.807, 2.05) is 48.5 Å². The maximum atomic E-state index is 4.69. The topological polar surface area (TPSA) is 27.6 Å². The Labute approximate surface area is 145 Å². The van der Waals surface area contributed by atoms with Crippen LogP contribution >= 0.6 is 0 Å². The Bertz CT molecular complexity index is 671. The monoisotopic (exact) mass is 321 g/mol. The van der Waals surface area contributed by atoms with Gasteiger partial charge in [-0.25, -0.2) is 0 Å². The van der Waals surface area contributed by atoms with Crippen LogP contribution in [0.2, 0.25) is 0 Å². The number of nitrogens with zero attached hydrogens (tertiary/aromatic N) is 2. The van der Waals surface area contributed by atoms with Crippen molar-refractivity contribution >= 4 is 17.5 Å². The summed E-state index contributed by atoms with van der Waals surface area (Å²) in [5, 5.41) is 4.69. The minimum atomic E-state index is -0.0729. The van der Waals surface area contributed by atoms with E-state index in [-0.39, 0.29) is 5.41 Å². The van der Waals surface area contributed by atoms with Crippen molar-refractivity contribution in [2.24, 2.45) is 10.5 Å². The van der Waals surface area contributed by atoms with Crippen molar-refractivity contribution < 1.29 is 0 Å². The van der Waals surface area contributed by atoms with Crippen LogP contribution in [0.25, 0.3) is 6.08 Å². The SMILES string of the molecule is CN(C)CC(C)(C)/C(C=Cc1ccccc1)=N\Nc1ccccc1. The van der Waals surface area contributed by atoms with Gasteiger partial charge in [0.2, 0.25) is 0 Å². The van der Waals surface area contributed by atoms with Crippen molar-refractivity contribution in [3.8, 4) is 0 Å². The summed E-state index contributed by atoms with van der Waals surface area (Å²) >= 11 is 0. The largest absolute Gasteiger partial charge is 0.308 e. The highest BCUT2D eigenvalue weighted by molar-refractivity contribution is 6.02. The van der Waals surface area contributed by atoms with Crippen molar-refractivity contribution in [1.82, 2.24) is 4.90 Å². The number of para-hydroxylation sites is 1. The Morgan fingerprint density at radius 3 is 2.17 bits per heavy atom. The van der Waals surface area contributed by atoms with Crippen molar-refractivity contribution in [2.75, 3.05) is 26.1 Å². The van der Waals surface area contributed by atoms with Crippen LogP contribution < -0.4 is 5.43 Å². The molecule has 1 N–H and O–H groups in total. The fourth-order valence-corrected chi connectivity index (χ4v) is 2.66. The van der Waals surface area contributed by atoms with Gasteiger partial charge in [-0.1, -0.05) is 68.5 Å². The van der Waals surface area contributed by atoms with Gasteiger partial charge < -0.3 is 4.90 Å². The quantitative estimate of drug-likeness (QED) is 0.588. The molecule has 0 aliphatic heterocycles. The first-order chi connectivity index (χ1) is 11.5. The lowest BCUT2D eigenvalue weighted by molar-refractivity contribution is 0.311. The highest BCUT2D eigenvalue weighted by atomic mass is 15.3. The van der Waals surface area contributed by atoms with E-state index in [1.165, 1.54) is 5.56 Å². The number of allylic oxidation sites excluding steroid dienone is 1. The summed E-state index contributed by atoms with van der Waals surface area (Å²) < 4.78 is 0. The smallest absolute Gasteiger partial charge is 0.0676 e. The van der Waals surface area contributed by atoms with E-state index in [9.17, 15) is 0 Å². The zero-order valence-corrected chi connectivity index (χ0v) is 15.0. The van der Waals surface area contributed by atoms with Gasteiger partial charge in [-0.3, -0.25) is 5.43 Å². The molecule has 0 fully saturated rings. The molecule has 0 heterocycles. The van der Waals surface area contributed by atoms with Gasteiger partial charge in [-0.05, 0) is 37.9 Å². The summed E-state index contributed by atoms with van der Waals surface area (Å²) in [7, 11) is 4.18. The van der Waals surface area contributed by atoms with Crippen LogP contribution in [0.5, 0.6) is 0 Å². The summed E-state index contributed by atoms with van der Waals surface area (Å²) in [5.41, 5.74) is 6.28. The Kier molecular flexibility index (Phi) is 6.33. The standard InChI is InChI=1S/C21H27N3/c1-21(2,17-24(3)4)20(16-15-18-11-7-5-8-12-18)23-22-19-13-9-6-10-14-19/h5-16,22H,17H2,1-4H3/b16-15?,23-20-. The Balaban J connectivity index is 2.25. The Morgan fingerprint density at radius 2 is 1.58 bits per heavy atom. The van der Waals surface area contributed by atoms with Crippen LogP contribution in [-0.2, 0) is 0 Å². The number of rotatable bonds is 7. The lowest BCUT2D eigenvalue weighted by Crippen LogP contribution is -2.35. The normalized spacial score (nSPS) is 12.8. The molecule has 0 saturated carbocycles. The minimum Gasteiger partial charge on any atom is -0.308 e. The van der Waals surface area contributed by atoms with E-state index in [0.717, 1.165) is 17.9 Å². The lowest BCUT2D eigenvalue weighted by Gasteiger charge is -2.28. The van der Waals surface area contributed by atoms with Crippen LogP contribution in [0.3, 0.4) is 0 Å². The first kappa shape index (κ1) is 18.0. The van der Waals surface area contributed by atoms with Gasteiger partial charge in [0, 0.05) is 12.0 Å². The van der Waals surface area contributed by atoms with Gasteiger partial charge in [0.1, 0.15) is 0 Å². The van der Waals surface area contributed by atoms with E-state index >= 15 is 0 Å². The summed E-state index contributed by atoms with van der Waals surface area (Å²) in [5.74, 6) is 0. The fourth-order valence-electron chi connectivity index (χ4n) is 2.66. The van der Waals surface area contributed by atoms with Crippen molar-refractivity contribution in [2.45, 2.75) is 13.8 Å². The highest BCUT2D eigenvalue weighted by Crippen LogP contribution is 2.21. The fraction of sp³-hybridized carbons (Fsp3) is 0.286. The van der Waals surface area contributed by atoms with Gasteiger partial charge in [-0.2, -0.15) is 5.10 Å². The molecule has 0 atom stereocenters. The predicted octanol–water partition coefficient (Wildman–Crippen LogP) is 4.76. The molecule has 3 nitrogen and oxygen atoms in total. The lowest BCUT2D eigenvalue weighted by atomic mass is 9.86. The number of nitrogens with one attached hydrogen (secondary N) is 1. The molecule has 2 rings (SSSR count). The van der Waals surface area contributed by atoms with E-state index in [2.05, 4.69) is 67.7 Å². The van der Waals surface area contributed by atoms with Crippen LogP contribution in [-0.4, -0.2) is 31.3 Å². The molecule has 0 aromatic heterocycles. The third-order valence-corrected chi connectivity index (χ3v) is 3.72. The Hall–Kier alpha value is -2.39. The molecule has 3 heteroatoms. The zero-order chi connectivity index (χ0) is 17.4. The van der Waals surface area contributed by atoms with E-state index in [1.54, 1.807) is 0 Å². The Morgan fingerprint density at radius 1 is 1.00 bits per heavy atom. The molecule has 0 radical (unpaired) electrons. The van der Waals surface area contributed by atoms with Gasteiger partial charge in [-0.15, -0.1) is 0 Å². The second-order valence-corrected chi connectivity index (χ2v) is 6.84. The van der Waals surface area contributed by atoms with Gasteiger partial charge in [0.15, 0.2) is 0 Å². The van der Waals surface area contributed by atoms with Crippen molar-refractivity contribution in [3.63, 3.8) is 0 Å². The van der Waals surface area contributed by atoms with Crippen LogP contribution in [0, 0.1) is 5.41 Å². The summed E-state index contributed by atoms with van der Waals surface area (Å²) in [6.45, 7) is 5.35. The van der Waals surface area contributed by atoms with Crippen LogP contribution in [0.15, 0.2) is 71.8 Å². The molecular formula is C21H27N3. The highest BCUT2D eigenvalue weighted by Gasteiger charge is 2.24. The van der Waals surface area contributed by atoms with Crippen LogP contribution in [0.4, 0.5) is 5.69 Å². The maximum absolute atomic E-state index is 4.69. The molecule has 0 amide bonds. The summed E-state index contributed by atoms with van der Waals surface area (Å²) in [6, 6.07) is 20.3. The number of benzene rings is 2. The third kappa shape index (κ3) is 5.67. The van der Waals surface area contributed by atoms with E-state index in [4.69, 9.17) is 0 Å². The molecule has 0 aliphatic rings. The van der Waals surface area contributed by atoms with E-state index < -0.39 is 0 Å². The maximum Gasteiger partial charge on any atom is 0.0676 e. The minimum absolute atomic E-state index is 0.0729. The molecule has 2 aromatic rings. The van der Waals surface area contributed by atoms with E-state index in [0.29, 0.717) is 0 Å². The van der Waals surface area contributed by atoms with Crippen LogP contribution in [0.1, 0.15) is 19.4 Å². The summed E-state index contributed by atoms with van der Waals surface area (Å²) in [4.78, 5) is 2.19. The average molecular weight is 321 g/mol. The zero-order valence-electron chi connectivity index (χ0n) is 15.0. The third-order valence-electron chi connectivity index (χ3n) is 3.72. The molecule has 0 aliphatic carbocycles. The van der Waals surface area contributed by atoms with Crippen molar-refractivity contribution in [3.05, 3.63) is 72.3 Å². The summed E-state index contributed by atoms with van der Waals surface area (Å²) in [6.07, 6.45) is 4.22. The number of hydrogen-bond donors (Lipinski definition) is 1. The predicted molar refractivity (Wildman–Crippen MR) is 105 cm³/mol. The number of anilines is 1. The molecule has 0 spiro atoms. The molecule has 0 bridgehead atoms.